The monoisotopic (exact) mass is 505 g/mol. The molecule has 1 rings (SSSR count). The highest BCUT2D eigenvalue weighted by Gasteiger charge is 2.15. The lowest BCUT2D eigenvalue weighted by Gasteiger charge is -2.23. The molecule has 0 fully saturated rings. The first-order valence-electron chi connectivity index (χ1n) is 9.57. The lowest BCUT2D eigenvalue weighted by atomic mass is 10.1. The Bertz CT molecular complexity index is 596. The molecule has 28 heavy (non-hydrogen) atoms. The molecule has 1 aromatic rings. The van der Waals surface area contributed by atoms with Crippen molar-refractivity contribution in [2.24, 2.45) is 4.99 Å². The standard InChI is InChI=1S/C21H35N3O3.HI/c1-6-8-9-10-11-14-24(3)21(22-7-2)23-16-19(25)18-15-17(26-4)12-13-20(18)27-5;/h6,12-13,15,19,25H,1,7-11,14,16H2,2-5H3,(H,22,23);1H. The number of nitrogens with zero attached hydrogens (tertiary/aromatic N) is 2. The second-order valence-electron chi connectivity index (χ2n) is 6.38. The normalized spacial score (nSPS) is 12.0. The van der Waals surface area contributed by atoms with Crippen molar-refractivity contribution < 1.29 is 14.6 Å². The number of hydrogen-bond donors (Lipinski definition) is 2. The van der Waals surface area contributed by atoms with E-state index in [0.717, 1.165) is 31.9 Å². The van der Waals surface area contributed by atoms with Crippen LogP contribution >= 0.6 is 24.0 Å². The van der Waals surface area contributed by atoms with E-state index < -0.39 is 6.10 Å². The smallest absolute Gasteiger partial charge is 0.193 e. The maximum Gasteiger partial charge on any atom is 0.193 e. The van der Waals surface area contributed by atoms with Crippen molar-refractivity contribution in [1.29, 1.82) is 0 Å². The van der Waals surface area contributed by atoms with E-state index in [1.54, 1.807) is 26.4 Å². The average Bonchev–Trinajstić information content (AvgIpc) is 2.69. The van der Waals surface area contributed by atoms with Gasteiger partial charge >= 0.3 is 0 Å². The minimum Gasteiger partial charge on any atom is -0.497 e. The maximum atomic E-state index is 10.6. The Labute approximate surface area is 187 Å². The molecule has 0 spiro atoms. The highest BCUT2D eigenvalue weighted by Crippen LogP contribution is 2.29. The molecular weight excluding hydrogens is 469 g/mol. The summed E-state index contributed by atoms with van der Waals surface area (Å²) in [5.74, 6) is 2.10. The minimum atomic E-state index is -0.773. The van der Waals surface area contributed by atoms with Crippen LogP contribution in [-0.4, -0.2) is 56.9 Å². The van der Waals surface area contributed by atoms with Crippen molar-refractivity contribution in [3.8, 4) is 11.5 Å². The van der Waals surface area contributed by atoms with Crippen LogP contribution in [0.2, 0.25) is 0 Å². The number of rotatable bonds is 12. The summed E-state index contributed by atoms with van der Waals surface area (Å²) in [5, 5.41) is 13.9. The zero-order chi connectivity index (χ0) is 20.1. The molecule has 2 N–H and O–H groups in total. The summed E-state index contributed by atoms with van der Waals surface area (Å²) >= 11 is 0. The van der Waals surface area contributed by atoms with Crippen LogP contribution in [0.5, 0.6) is 11.5 Å². The number of ether oxygens (including phenoxy) is 2. The van der Waals surface area contributed by atoms with E-state index in [9.17, 15) is 5.11 Å². The van der Waals surface area contributed by atoms with Crippen LogP contribution in [0.15, 0.2) is 35.8 Å². The van der Waals surface area contributed by atoms with Crippen LogP contribution in [0.3, 0.4) is 0 Å². The Morgan fingerprint density at radius 2 is 2.04 bits per heavy atom. The summed E-state index contributed by atoms with van der Waals surface area (Å²) in [5.41, 5.74) is 0.670. The number of methoxy groups -OCH3 is 2. The summed E-state index contributed by atoms with van der Waals surface area (Å²) < 4.78 is 10.6. The zero-order valence-electron chi connectivity index (χ0n) is 17.6. The van der Waals surface area contributed by atoms with Crippen molar-refractivity contribution in [3.05, 3.63) is 36.4 Å². The van der Waals surface area contributed by atoms with Crippen molar-refractivity contribution in [3.63, 3.8) is 0 Å². The fourth-order valence-electron chi connectivity index (χ4n) is 2.76. The van der Waals surface area contributed by atoms with Crippen molar-refractivity contribution in [2.45, 2.75) is 38.7 Å². The number of aliphatic hydroxyl groups is 1. The summed E-state index contributed by atoms with van der Waals surface area (Å²) in [6.07, 6.45) is 5.68. The number of benzene rings is 1. The van der Waals surface area contributed by atoms with Gasteiger partial charge in [-0.05, 0) is 44.4 Å². The average molecular weight is 505 g/mol. The van der Waals surface area contributed by atoms with Gasteiger partial charge in [-0.3, -0.25) is 4.99 Å². The SMILES string of the molecule is C=CCCCCCN(C)C(=NCC(O)c1cc(OC)ccc1OC)NCC.I. The molecule has 6 nitrogen and oxygen atoms in total. The molecule has 0 aliphatic rings. The van der Waals surface area contributed by atoms with Crippen LogP contribution in [-0.2, 0) is 0 Å². The van der Waals surface area contributed by atoms with E-state index in [4.69, 9.17) is 9.47 Å². The molecule has 0 saturated carbocycles. The van der Waals surface area contributed by atoms with E-state index in [2.05, 4.69) is 21.8 Å². The Balaban J connectivity index is 0.00000729. The number of aliphatic imine (C=N–C) groups is 1. The van der Waals surface area contributed by atoms with Crippen molar-refractivity contribution in [2.75, 3.05) is 40.9 Å². The highest BCUT2D eigenvalue weighted by molar-refractivity contribution is 14.0. The number of allylic oxidation sites excluding steroid dienone is 1. The number of nitrogens with one attached hydrogen (secondary N) is 1. The third-order valence-corrected chi connectivity index (χ3v) is 4.31. The van der Waals surface area contributed by atoms with Crippen LogP contribution < -0.4 is 14.8 Å². The Morgan fingerprint density at radius 3 is 2.64 bits per heavy atom. The predicted octanol–water partition coefficient (Wildman–Crippen LogP) is 4.00. The van der Waals surface area contributed by atoms with Crippen molar-refractivity contribution in [1.82, 2.24) is 10.2 Å². The number of guanidine groups is 1. The maximum absolute atomic E-state index is 10.6. The molecule has 0 bridgehead atoms. The zero-order valence-corrected chi connectivity index (χ0v) is 19.9. The van der Waals surface area contributed by atoms with E-state index in [-0.39, 0.29) is 30.5 Å². The molecule has 7 heteroatoms. The second kappa shape index (κ2) is 15.4. The first kappa shape index (κ1) is 26.5. The summed E-state index contributed by atoms with van der Waals surface area (Å²) in [6, 6.07) is 5.39. The molecule has 160 valence electrons. The highest BCUT2D eigenvalue weighted by atomic mass is 127. The van der Waals surface area contributed by atoms with Gasteiger partial charge in [0.25, 0.3) is 0 Å². The molecule has 0 amide bonds. The van der Waals surface area contributed by atoms with E-state index in [1.807, 2.05) is 26.1 Å². The molecule has 0 aliphatic carbocycles. The molecule has 0 aromatic heterocycles. The van der Waals surface area contributed by atoms with Crippen molar-refractivity contribution >= 4 is 29.9 Å². The summed E-state index contributed by atoms with van der Waals surface area (Å²) in [6.45, 7) is 7.73. The third-order valence-electron chi connectivity index (χ3n) is 4.31. The number of hydrogen-bond acceptors (Lipinski definition) is 4. The third kappa shape index (κ3) is 9.14. The first-order chi connectivity index (χ1) is 13.1. The lowest BCUT2D eigenvalue weighted by Crippen LogP contribution is -2.39. The molecule has 1 aromatic carbocycles. The van der Waals surface area contributed by atoms with Gasteiger partial charge in [0.1, 0.15) is 17.6 Å². The molecule has 0 heterocycles. The summed E-state index contributed by atoms with van der Waals surface area (Å²) in [4.78, 5) is 6.71. The Kier molecular flexibility index (Phi) is 14.6. The van der Waals surface area contributed by atoms with Gasteiger partial charge in [-0.15, -0.1) is 30.6 Å². The second-order valence-corrected chi connectivity index (χ2v) is 6.38. The predicted molar refractivity (Wildman–Crippen MR) is 127 cm³/mol. The van der Waals surface area contributed by atoms with Crippen LogP contribution in [0, 0.1) is 0 Å². The quantitative estimate of drug-likeness (QED) is 0.148. The topological polar surface area (TPSA) is 66.3 Å². The Hall–Kier alpha value is -1.48. The summed E-state index contributed by atoms with van der Waals surface area (Å²) in [7, 11) is 5.21. The van der Waals surface area contributed by atoms with Gasteiger partial charge in [0.2, 0.25) is 0 Å². The fraction of sp³-hybridized carbons (Fsp3) is 0.571. The van der Waals surface area contributed by atoms with Crippen LogP contribution in [0.1, 0.15) is 44.3 Å². The molecule has 0 saturated heterocycles. The van der Waals surface area contributed by atoms with Gasteiger partial charge in [0.05, 0.1) is 20.8 Å². The number of unbranched alkanes of at least 4 members (excludes halogenated alkanes) is 3. The molecule has 1 unspecified atom stereocenters. The van der Waals surface area contributed by atoms with Crippen LogP contribution in [0.25, 0.3) is 0 Å². The number of aliphatic hydroxyl groups excluding tert-OH is 1. The van der Waals surface area contributed by atoms with Gasteiger partial charge in [0, 0.05) is 25.7 Å². The minimum absolute atomic E-state index is 0. The molecule has 1 atom stereocenters. The molecule has 0 radical (unpaired) electrons. The van der Waals surface area contributed by atoms with Gasteiger partial charge in [-0.25, -0.2) is 0 Å². The molecule has 0 aliphatic heterocycles. The lowest BCUT2D eigenvalue weighted by molar-refractivity contribution is 0.181. The van der Waals surface area contributed by atoms with Gasteiger partial charge in [-0.2, -0.15) is 0 Å². The van der Waals surface area contributed by atoms with E-state index in [0.29, 0.717) is 17.1 Å². The Morgan fingerprint density at radius 1 is 1.29 bits per heavy atom. The van der Waals surface area contributed by atoms with Gasteiger partial charge < -0.3 is 24.8 Å². The number of halogens is 1. The largest absolute Gasteiger partial charge is 0.497 e. The van der Waals surface area contributed by atoms with Gasteiger partial charge in [0.15, 0.2) is 5.96 Å². The molecular formula is C21H36IN3O3. The van der Waals surface area contributed by atoms with Gasteiger partial charge in [-0.1, -0.05) is 12.5 Å². The van der Waals surface area contributed by atoms with E-state index >= 15 is 0 Å². The first-order valence-corrected chi connectivity index (χ1v) is 9.57. The fourth-order valence-corrected chi connectivity index (χ4v) is 2.76. The van der Waals surface area contributed by atoms with Crippen LogP contribution in [0.4, 0.5) is 0 Å². The van der Waals surface area contributed by atoms with E-state index in [1.165, 1.54) is 12.8 Å².